The molecule has 0 bridgehead atoms. The molecular formula is C12H18F3NO3. The summed E-state index contributed by atoms with van der Waals surface area (Å²) in [7, 11) is 0. The first kappa shape index (κ1) is 15.8. The van der Waals surface area contributed by atoms with Gasteiger partial charge in [-0.05, 0) is 25.7 Å². The van der Waals surface area contributed by atoms with E-state index in [1.54, 1.807) is 5.32 Å². The van der Waals surface area contributed by atoms with Crippen molar-refractivity contribution >= 4 is 11.9 Å². The van der Waals surface area contributed by atoms with Gasteiger partial charge in [0.2, 0.25) is 11.4 Å². The van der Waals surface area contributed by atoms with Crippen LogP contribution in [0.25, 0.3) is 0 Å². The molecule has 7 heteroatoms. The average molecular weight is 281 g/mol. The van der Waals surface area contributed by atoms with E-state index in [1.807, 2.05) is 0 Å². The van der Waals surface area contributed by atoms with E-state index < -0.39 is 23.6 Å². The van der Waals surface area contributed by atoms with Gasteiger partial charge in [0, 0.05) is 6.42 Å². The Kier molecular flexibility index (Phi) is 4.81. The van der Waals surface area contributed by atoms with E-state index in [-0.39, 0.29) is 12.3 Å². The molecule has 1 aliphatic carbocycles. The standard InChI is InChI=1S/C12H18F3NO3/c1-11(10(18)19,12(13,14)15)16-9(17)7-8-5-3-2-4-6-8/h8H,2-7H2,1H3,(H,16,17)(H,18,19). The van der Waals surface area contributed by atoms with Gasteiger partial charge in [0.05, 0.1) is 0 Å². The molecule has 1 aliphatic rings. The molecule has 0 aromatic rings. The number of amides is 1. The topological polar surface area (TPSA) is 66.4 Å². The van der Waals surface area contributed by atoms with E-state index in [1.165, 1.54) is 0 Å². The molecular weight excluding hydrogens is 263 g/mol. The number of aliphatic carboxylic acids is 1. The minimum atomic E-state index is -5.03. The van der Waals surface area contributed by atoms with E-state index in [0.29, 0.717) is 6.92 Å². The van der Waals surface area contributed by atoms with Crippen LogP contribution in [0.3, 0.4) is 0 Å². The number of hydrogen-bond donors (Lipinski definition) is 2. The van der Waals surface area contributed by atoms with Crippen LogP contribution in [0.4, 0.5) is 13.2 Å². The SMILES string of the molecule is CC(NC(=O)CC1CCCCC1)(C(=O)O)C(F)(F)F. The zero-order valence-electron chi connectivity index (χ0n) is 10.7. The highest BCUT2D eigenvalue weighted by Gasteiger charge is 2.58. The third-order valence-corrected chi connectivity index (χ3v) is 3.58. The van der Waals surface area contributed by atoms with Crippen molar-refractivity contribution in [3.63, 3.8) is 0 Å². The molecule has 0 radical (unpaired) electrons. The van der Waals surface area contributed by atoms with Gasteiger partial charge in [-0.3, -0.25) is 4.79 Å². The number of carboxylic acid groups (broad SMARTS) is 1. The number of rotatable bonds is 4. The lowest BCUT2D eigenvalue weighted by Gasteiger charge is -2.29. The van der Waals surface area contributed by atoms with Gasteiger partial charge in [-0.15, -0.1) is 0 Å². The average Bonchev–Trinajstić information content (AvgIpc) is 2.28. The van der Waals surface area contributed by atoms with E-state index in [2.05, 4.69) is 0 Å². The molecule has 19 heavy (non-hydrogen) atoms. The molecule has 1 atom stereocenters. The lowest BCUT2D eigenvalue weighted by atomic mass is 9.86. The smallest absolute Gasteiger partial charge is 0.422 e. The first-order chi connectivity index (χ1) is 8.67. The van der Waals surface area contributed by atoms with Crippen molar-refractivity contribution in [3.8, 4) is 0 Å². The highest BCUT2D eigenvalue weighted by Crippen LogP contribution is 2.31. The van der Waals surface area contributed by atoms with Gasteiger partial charge in [0.25, 0.3) is 0 Å². The van der Waals surface area contributed by atoms with Crippen LogP contribution in [0.1, 0.15) is 45.4 Å². The van der Waals surface area contributed by atoms with Gasteiger partial charge in [0.15, 0.2) is 0 Å². The fourth-order valence-electron chi connectivity index (χ4n) is 2.23. The summed E-state index contributed by atoms with van der Waals surface area (Å²) in [6, 6.07) is 0. The zero-order chi connectivity index (χ0) is 14.7. The summed E-state index contributed by atoms with van der Waals surface area (Å²) >= 11 is 0. The predicted octanol–water partition coefficient (Wildman–Crippen LogP) is 2.48. The Balaban J connectivity index is 2.64. The van der Waals surface area contributed by atoms with E-state index in [9.17, 15) is 22.8 Å². The number of hydrogen-bond acceptors (Lipinski definition) is 2. The molecule has 4 nitrogen and oxygen atoms in total. The first-order valence-electron chi connectivity index (χ1n) is 6.28. The second-order valence-electron chi connectivity index (χ2n) is 5.18. The maximum atomic E-state index is 12.7. The first-order valence-corrected chi connectivity index (χ1v) is 6.28. The molecule has 0 aliphatic heterocycles. The number of alkyl halides is 3. The molecule has 1 rings (SSSR count). The molecule has 0 heterocycles. The van der Waals surface area contributed by atoms with Crippen LogP contribution >= 0.6 is 0 Å². The Labute approximate surface area is 109 Å². The molecule has 1 amide bonds. The van der Waals surface area contributed by atoms with Crippen LogP contribution < -0.4 is 5.32 Å². The normalized spacial score (nSPS) is 20.6. The van der Waals surface area contributed by atoms with Gasteiger partial charge >= 0.3 is 12.1 Å². The fraction of sp³-hybridized carbons (Fsp3) is 0.833. The maximum absolute atomic E-state index is 12.7. The molecule has 2 N–H and O–H groups in total. The minimum Gasteiger partial charge on any atom is -0.479 e. The van der Waals surface area contributed by atoms with Crippen LogP contribution in [0.2, 0.25) is 0 Å². The number of carbonyl (C=O) groups is 2. The van der Waals surface area contributed by atoms with Crippen LogP contribution in [-0.4, -0.2) is 28.7 Å². The minimum absolute atomic E-state index is 0.0427. The lowest BCUT2D eigenvalue weighted by Crippen LogP contribution is -2.62. The molecule has 1 unspecified atom stereocenters. The molecule has 1 fully saturated rings. The number of carbonyl (C=O) groups excluding carboxylic acids is 1. The predicted molar refractivity (Wildman–Crippen MR) is 61.4 cm³/mol. The second-order valence-corrected chi connectivity index (χ2v) is 5.18. The van der Waals surface area contributed by atoms with Crippen LogP contribution in [-0.2, 0) is 9.59 Å². The van der Waals surface area contributed by atoms with E-state index >= 15 is 0 Å². The lowest BCUT2D eigenvalue weighted by molar-refractivity contribution is -0.207. The summed E-state index contributed by atoms with van der Waals surface area (Å²) in [6.45, 7) is 0.466. The number of nitrogens with one attached hydrogen (secondary N) is 1. The fourth-order valence-corrected chi connectivity index (χ4v) is 2.23. The summed E-state index contributed by atoms with van der Waals surface area (Å²) in [6.07, 6.45) is -0.444. The Morgan fingerprint density at radius 1 is 1.21 bits per heavy atom. The van der Waals surface area contributed by atoms with Gasteiger partial charge in [-0.1, -0.05) is 19.3 Å². The third-order valence-electron chi connectivity index (χ3n) is 3.58. The summed E-state index contributed by atoms with van der Waals surface area (Å²) in [5.41, 5.74) is -3.22. The van der Waals surface area contributed by atoms with Gasteiger partial charge in [-0.2, -0.15) is 13.2 Å². The van der Waals surface area contributed by atoms with Crippen molar-refractivity contribution in [2.24, 2.45) is 5.92 Å². The Morgan fingerprint density at radius 2 is 1.74 bits per heavy atom. The molecule has 0 spiro atoms. The van der Waals surface area contributed by atoms with Gasteiger partial charge < -0.3 is 10.4 Å². The van der Waals surface area contributed by atoms with Crippen molar-refractivity contribution in [1.82, 2.24) is 5.32 Å². The Bertz CT molecular complexity index is 351. The third kappa shape index (κ3) is 3.84. The van der Waals surface area contributed by atoms with Gasteiger partial charge in [0.1, 0.15) is 0 Å². The van der Waals surface area contributed by atoms with E-state index in [4.69, 9.17) is 5.11 Å². The molecule has 0 aromatic carbocycles. The van der Waals surface area contributed by atoms with Crippen molar-refractivity contribution in [2.75, 3.05) is 0 Å². The molecule has 0 aromatic heterocycles. The van der Waals surface area contributed by atoms with Crippen LogP contribution in [0, 0.1) is 5.92 Å². The summed E-state index contributed by atoms with van der Waals surface area (Å²) in [5.74, 6) is -2.90. The second kappa shape index (κ2) is 5.79. The van der Waals surface area contributed by atoms with Gasteiger partial charge in [-0.25, -0.2) is 4.79 Å². The summed E-state index contributed by atoms with van der Waals surface area (Å²) in [5, 5.41) is 10.3. The zero-order valence-corrected chi connectivity index (χ0v) is 10.7. The maximum Gasteiger partial charge on any atom is 0.422 e. The molecule has 110 valence electrons. The molecule has 0 saturated heterocycles. The van der Waals surface area contributed by atoms with Crippen molar-refractivity contribution in [2.45, 2.75) is 57.2 Å². The summed E-state index contributed by atoms with van der Waals surface area (Å²) < 4.78 is 38.1. The largest absolute Gasteiger partial charge is 0.479 e. The monoisotopic (exact) mass is 281 g/mol. The van der Waals surface area contributed by atoms with Crippen molar-refractivity contribution in [1.29, 1.82) is 0 Å². The highest BCUT2D eigenvalue weighted by molar-refractivity contribution is 5.87. The van der Waals surface area contributed by atoms with Crippen LogP contribution in [0.15, 0.2) is 0 Å². The highest BCUT2D eigenvalue weighted by atomic mass is 19.4. The number of carboxylic acids is 1. The molecule has 1 saturated carbocycles. The Hall–Kier alpha value is -1.27. The summed E-state index contributed by atoms with van der Waals surface area (Å²) in [4.78, 5) is 22.4. The van der Waals surface area contributed by atoms with E-state index in [0.717, 1.165) is 32.1 Å². The van der Waals surface area contributed by atoms with Crippen LogP contribution in [0.5, 0.6) is 0 Å². The Morgan fingerprint density at radius 3 is 2.16 bits per heavy atom. The number of halogens is 3. The van der Waals surface area contributed by atoms with Crippen molar-refractivity contribution < 1.29 is 27.9 Å². The van der Waals surface area contributed by atoms with Crippen molar-refractivity contribution in [3.05, 3.63) is 0 Å². The quantitative estimate of drug-likeness (QED) is 0.832.